The van der Waals surface area contributed by atoms with Gasteiger partial charge in [0.25, 0.3) is 0 Å². The highest BCUT2D eigenvalue weighted by Gasteiger charge is 2.14. The van der Waals surface area contributed by atoms with Crippen LogP contribution in [0.1, 0.15) is 16.8 Å². The largest absolute Gasteiger partial charge is 0.493 e. The number of fused-ring (bicyclic) bond motifs is 1. The number of carbonyl (C=O) groups is 1. The zero-order valence-electron chi connectivity index (χ0n) is 12.5. The fourth-order valence-corrected chi connectivity index (χ4v) is 2.23. The van der Waals surface area contributed by atoms with Gasteiger partial charge in [-0.25, -0.2) is 4.79 Å². The van der Waals surface area contributed by atoms with Crippen LogP contribution in [0.15, 0.2) is 24.3 Å². The monoisotopic (exact) mass is 323 g/mol. The number of hydrogen-bond acceptors (Lipinski definition) is 5. The van der Waals surface area contributed by atoms with Crippen LogP contribution in [0, 0.1) is 0 Å². The minimum atomic E-state index is -0.472. The number of ether oxygens (including phenoxy) is 3. The van der Waals surface area contributed by atoms with Crippen LogP contribution in [0.3, 0.4) is 0 Å². The van der Waals surface area contributed by atoms with Gasteiger partial charge in [0.1, 0.15) is 0 Å². The molecule has 2 N–H and O–H groups in total. The molecule has 0 aliphatic rings. The van der Waals surface area contributed by atoms with Crippen molar-refractivity contribution in [3.8, 4) is 11.5 Å². The van der Waals surface area contributed by atoms with Crippen molar-refractivity contribution in [2.24, 2.45) is 0 Å². The van der Waals surface area contributed by atoms with E-state index in [4.69, 9.17) is 31.5 Å². The molecule has 22 heavy (non-hydrogen) atoms. The molecule has 0 heterocycles. The van der Waals surface area contributed by atoms with Gasteiger partial charge in [-0.1, -0.05) is 0 Å². The third-order valence-electron chi connectivity index (χ3n) is 3.23. The number of benzene rings is 2. The average molecular weight is 324 g/mol. The van der Waals surface area contributed by atoms with Gasteiger partial charge >= 0.3 is 5.97 Å². The molecule has 2 rings (SSSR count). The molecule has 2 aromatic rings. The summed E-state index contributed by atoms with van der Waals surface area (Å²) in [6.45, 7) is 0.490. The lowest BCUT2D eigenvalue weighted by atomic mass is 10.0. The summed E-state index contributed by atoms with van der Waals surface area (Å²) in [4.78, 5) is 11.7. The highest BCUT2D eigenvalue weighted by atomic mass is 35.5. The molecule has 2 aromatic carbocycles. The maximum absolute atomic E-state index is 11.7. The highest BCUT2D eigenvalue weighted by molar-refractivity contribution is 6.17. The summed E-state index contributed by atoms with van der Waals surface area (Å²) in [5.74, 6) is 1.26. The minimum absolute atomic E-state index is 0.326. The van der Waals surface area contributed by atoms with E-state index < -0.39 is 5.97 Å². The SMILES string of the molecule is COC(=O)c1cc2cc(OCCCCl)c(OC)cc2cc1N. The molecular weight excluding hydrogens is 306 g/mol. The minimum Gasteiger partial charge on any atom is -0.493 e. The quantitative estimate of drug-likeness (QED) is 0.382. The van der Waals surface area contributed by atoms with Crippen LogP contribution >= 0.6 is 11.6 Å². The number of esters is 1. The van der Waals surface area contributed by atoms with Gasteiger partial charge in [0.05, 0.1) is 26.4 Å². The van der Waals surface area contributed by atoms with E-state index in [0.29, 0.717) is 35.2 Å². The normalized spacial score (nSPS) is 10.5. The Hall–Kier alpha value is -2.14. The van der Waals surface area contributed by atoms with E-state index >= 15 is 0 Å². The first kappa shape index (κ1) is 16.2. The van der Waals surface area contributed by atoms with E-state index in [-0.39, 0.29) is 0 Å². The molecule has 0 fully saturated rings. The molecule has 0 saturated carbocycles. The number of carbonyl (C=O) groups excluding carboxylic acids is 1. The summed E-state index contributed by atoms with van der Waals surface area (Å²) in [5, 5.41) is 1.67. The molecule has 0 saturated heterocycles. The molecule has 0 atom stereocenters. The number of methoxy groups -OCH3 is 2. The van der Waals surface area contributed by atoms with Gasteiger partial charge in [-0.15, -0.1) is 11.6 Å². The maximum Gasteiger partial charge on any atom is 0.339 e. The van der Waals surface area contributed by atoms with Crippen molar-refractivity contribution in [1.29, 1.82) is 0 Å². The molecular formula is C16H18ClNO4. The van der Waals surface area contributed by atoms with Crippen molar-refractivity contribution in [3.05, 3.63) is 29.8 Å². The molecule has 5 nitrogen and oxygen atoms in total. The molecule has 118 valence electrons. The fraction of sp³-hybridized carbons (Fsp3) is 0.312. The Labute approximate surface area is 133 Å². The molecule has 0 amide bonds. The van der Waals surface area contributed by atoms with Gasteiger partial charge < -0.3 is 19.9 Å². The number of nitrogens with two attached hydrogens (primary N) is 1. The number of alkyl halides is 1. The van der Waals surface area contributed by atoms with Crippen molar-refractivity contribution in [1.82, 2.24) is 0 Å². The second kappa shape index (κ2) is 7.22. The van der Waals surface area contributed by atoms with Crippen LogP contribution in [-0.4, -0.2) is 32.7 Å². The second-order valence-corrected chi connectivity index (χ2v) is 5.05. The van der Waals surface area contributed by atoms with E-state index in [2.05, 4.69) is 0 Å². The number of hydrogen-bond donors (Lipinski definition) is 1. The Balaban J connectivity index is 2.48. The molecule has 6 heteroatoms. The summed E-state index contributed by atoms with van der Waals surface area (Å²) < 4.78 is 15.7. The molecule has 0 unspecified atom stereocenters. The Kier molecular flexibility index (Phi) is 5.33. The molecule has 0 radical (unpaired) electrons. The lowest BCUT2D eigenvalue weighted by molar-refractivity contribution is 0.0602. The third kappa shape index (κ3) is 3.36. The predicted molar refractivity (Wildman–Crippen MR) is 87.1 cm³/mol. The average Bonchev–Trinajstić information content (AvgIpc) is 2.53. The second-order valence-electron chi connectivity index (χ2n) is 4.67. The number of halogens is 1. The Morgan fingerprint density at radius 3 is 2.45 bits per heavy atom. The first-order chi connectivity index (χ1) is 10.6. The standard InChI is InChI=1S/C16H18ClNO4/c1-20-14-8-11-7-13(18)12(16(19)21-2)6-10(11)9-15(14)22-5-3-4-17/h6-9H,3-5,18H2,1-2H3. The van der Waals surface area contributed by atoms with Gasteiger partial charge in [0.2, 0.25) is 0 Å². The zero-order valence-corrected chi connectivity index (χ0v) is 13.3. The highest BCUT2D eigenvalue weighted by Crippen LogP contribution is 2.34. The molecule has 0 aromatic heterocycles. The molecule has 0 aliphatic carbocycles. The summed E-state index contributed by atoms with van der Waals surface area (Å²) in [5.41, 5.74) is 6.59. The van der Waals surface area contributed by atoms with Gasteiger partial charge in [0.15, 0.2) is 11.5 Å². The van der Waals surface area contributed by atoms with E-state index in [1.807, 2.05) is 12.1 Å². The topological polar surface area (TPSA) is 70.8 Å². The van der Waals surface area contributed by atoms with Crippen molar-refractivity contribution in [2.45, 2.75) is 6.42 Å². The summed E-state index contributed by atoms with van der Waals surface area (Å²) in [6.07, 6.45) is 0.734. The maximum atomic E-state index is 11.7. The lowest BCUT2D eigenvalue weighted by Gasteiger charge is -2.13. The van der Waals surface area contributed by atoms with Gasteiger partial charge in [-0.2, -0.15) is 0 Å². The van der Waals surface area contributed by atoms with Crippen molar-refractivity contribution >= 4 is 34.0 Å². The van der Waals surface area contributed by atoms with Gasteiger partial charge in [0, 0.05) is 11.6 Å². The lowest BCUT2D eigenvalue weighted by Crippen LogP contribution is -2.05. The van der Waals surface area contributed by atoms with Crippen molar-refractivity contribution < 1.29 is 19.0 Å². The third-order valence-corrected chi connectivity index (χ3v) is 3.50. The van der Waals surface area contributed by atoms with E-state index in [1.165, 1.54) is 7.11 Å². The zero-order chi connectivity index (χ0) is 16.1. The van der Waals surface area contributed by atoms with Gasteiger partial charge in [-0.05, 0) is 41.5 Å². The number of anilines is 1. The first-order valence-corrected chi connectivity index (χ1v) is 7.32. The molecule has 0 bridgehead atoms. The van der Waals surface area contributed by atoms with Crippen LogP contribution in [-0.2, 0) is 4.74 Å². The molecule has 0 aliphatic heterocycles. The predicted octanol–water partition coefficient (Wildman–Crippen LogP) is 3.22. The Morgan fingerprint density at radius 2 is 1.82 bits per heavy atom. The fourth-order valence-electron chi connectivity index (χ4n) is 2.12. The summed E-state index contributed by atoms with van der Waals surface area (Å²) in [6, 6.07) is 7.04. The Morgan fingerprint density at radius 1 is 1.14 bits per heavy atom. The van der Waals surface area contributed by atoms with Crippen LogP contribution in [0.2, 0.25) is 0 Å². The van der Waals surface area contributed by atoms with Crippen LogP contribution in [0.5, 0.6) is 11.5 Å². The van der Waals surface area contributed by atoms with E-state index in [0.717, 1.165) is 17.2 Å². The van der Waals surface area contributed by atoms with E-state index in [1.54, 1.807) is 19.2 Å². The smallest absolute Gasteiger partial charge is 0.339 e. The van der Waals surface area contributed by atoms with Crippen molar-refractivity contribution in [3.63, 3.8) is 0 Å². The molecule has 0 spiro atoms. The van der Waals surface area contributed by atoms with E-state index in [9.17, 15) is 4.79 Å². The van der Waals surface area contributed by atoms with Crippen LogP contribution in [0.25, 0.3) is 10.8 Å². The van der Waals surface area contributed by atoms with Crippen molar-refractivity contribution in [2.75, 3.05) is 32.4 Å². The Bertz CT molecular complexity index is 687. The first-order valence-electron chi connectivity index (χ1n) is 6.79. The van der Waals surface area contributed by atoms with Crippen LogP contribution < -0.4 is 15.2 Å². The number of nitrogen functional groups attached to an aromatic ring is 1. The van der Waals surface area contributed by atoms with Crippen LogP contribution in [0.4, 0.5) is 5.69 Å². The summed E-state index contributed by atoms with van der Waals surface area (Å²) in [7, 11) is 2.89. The number of rotatable bonds is 6. The van der Waals surface area contributed by atoms with Gasteiger partial charge in [-0.3, -0.25) is 0 Å². The summed E-state index contributed by atoms with van der Waals surface area (Å²) >= 11 is 5.65.